The minimum absolute atomic E-state index is 0.0290. The molecule has 0 saturated carbocycles. The van der Waals surface area contributed by atoms with Crippen molar-refractivity contribution >= 4 is 11.9 Å². The molecule has 2 aromatic rings. The van der Waals surface area contributed by atoms with Crippen molar-refractivity contribution in [2.24, 2.45) is 5.73 Å². The molecule has 0 aliphatic carbocycles. The van der Waals surface area contributed by atoms with Gasteiger partial charge in [-0.05, 0) is 30.3 Å². The number of nitrogens with two attached hydrogens (primary N) is 1. The molecule has 3 amide bonds. The van der Waals surface area contributed by atoms with Crippen LogP contribution in [0.1, 0.15) is 27.5 Å². The van der Waals surface area contributed by atoms with Gasteiger partial charge in [0, 0.05) is 31.7 Å². The van der Waals surface area contributed by atoms with Crippen LogP contribution in [0.2, 0.25) is 0 Å². The molecule has 1 heterocycles. The molecule has 1 unspecified atom stereocenters. The number of piperazine rings is 1. The van der Waals surface area contributed by atoms with Crippen LogP contribution in [0.15, 0.2) is 54.6 Å². The summed E-state index contributed by atoms with van der Waals surface area (Å²) in [6.07, 6.45) is 0. The summed E-state index contributed by atoms with van der Waals surface area (Å²) < 4.78 is 0. The molecule has 1 atom stereocenters. The fourth-order valence-corrected chi connectivity index (χ4v) is 3.24. The minimum Gasteiger partial charge on any atom is -0.352 e. The number of carbonyl (C=O) groups excluding carboxylic acids is 2. The van der Waals surface area contributed by atoms with Crippen molar-refractivity contribution in [3.8, 4) is 0 Å². The third-order valence-electron chi connectivity index (χ3n) is 4.70. The zero-order valence-corrected chi connectivity index (χ0v) is 14.9. The van der Waals surface area contributed by atoms with Crippen molar-refractivity contribution in [2.75, 3.05) is 26.7 Å². The first kappa shape index (κ1) is 17.9. The number of hydrogen-bond acceptors (Lipinski definition) is 3. The van der Waals surface area contributed by atoms with Crippen LogP contribution < -0.4 is 11.1 Å². The highest BCUT2D eigenvalue weighted by Crippen LogP contribution is 2.26. The predicted octanol–water partition coefficient (Wildman–Crippen LogP) is 1.98. The summed E-state index contributed by atoms with van der Waals surface area (Å²) in [5.74, 6) is 0.0290. The summed E-state index contributed by atoms with van der Waals surface area (Å²) in [4.78, 5) is 28.1. The number of benzene rings is 2. The van der Waals surface area contributed by atoms with Gasteiger partial charge in [-0.2, -0.15) is 0 Å². The third-order valence-corrected chi connectivity index (χ3v) is 4.70. The van der Waals surface area contributed by atoms with E-state index in [1.54, 1.807) is 12.1 Å². The maximum atomic E-state index is 13.1. The molecule has 136 valence electrons. The first-order chi connectivity index (χ1) is 12.5. The third kappa shape index (κ3) is 4.21. The van der Waals surface area contributed by atoms with E-state index in [0.717, 1.165) is 24.2 Å². The van der Waals surface area contributed by atoms with E-state index >= 15 is 0 Å². The van der Waals surface area contributed by atoms with Gasteiger partial charge in [-0.15, -0.1) is 0 Å². The Morgan fingerprint density at radius 1 is 1.08 bits per heavy atom. The second-order valence-corrected chi connectivity index (χ2v) is 6.60. The number of carbonyl (C=O) groups is 2. The molecule has 2 aromatic carbocycles. The number of nitrogens with zero attached hydrogens (tertiary/aromatic N) is 2. The Bertz CT molecular complexity index is 761. The Morgan fingerprint density at radius 2 is 1.77 bits per heavy atom. The lowest BCUT2D eigenvalue weighted by atomic mass is 10.0. The van der Waals surface area contributed by atoms with E-state index in [-0.39, 0.29) is 11.9 Å². The molecule has 0 radical (unpaired) electrons. The van der Waals surface area contributed by atoms with Gasteiger partial charge < -0.3 is 20.9 Å². The summed E-state index contributed by atoms with van der Waals surface area (Å²) in [7, 11) is 2.08. The molecule has 6 heteroatoms. The summed E-state index contributed by atoms with van der Waals surface area (Å²) in [5, 5.41) is 2.55. The number of primary amides is 1. The molecule has 3 N–H and O–H groups in total. The largest absolute Gasteiger partial charge is 0.352 e. The Morgan fingerprint density at radius 3 is 2.42 bits per heavy atom. The van der Waals surface area contributed by atoms with Gasteiger partial charge in [-0.3, -0.25) is 4.79 Å². The smallest absolute Gasteiger partial charge is 0.312 e. The molecule has 26 heavy (non-hydrogen) atoms. The highest BCUT2D eigenvalue weighted by molar-refractivity contribution is 5.94. The van der Waals surface area contributed by atoms with Crippen molar-refractivity contribution in [1.29, 1.82) is 0 Å². The highest BCUT2D eigenvalue weighted by atomic mass is 16.2. The molecule has 1 saturated heterocycles. The lowest BCUT2D eigenvalue weighted by Crippen LogP contribution is -2.49. The predicted molar refractivity (Wildman–Crippen MR) is 101 cm³/mol. The van der Waals surface area contributed by atoms with Gasteiger partial charge in [0.1, 0.15) is 0 Å². The summed E-state index contributed by atoms with van der Waals surface area (Å²) >= 11 is 0. The van der Waals surface area contributed by atoms with E-state index < -0.39 is 6.03 Å². The van der Waals surface area contributed by atoms with Gasteiger partial charge in [0.2, 0.25) is 0 Å². The van der Waals surface area contributed by atoms with E-state index in [4.69, 9.17) is 5.73 Å². The quantitative estimate of drug-likeness (QED) is 0.883. The minimum atomic E-state index is -0.562. The molecular formula is C20H24N4O2. The number of rotatable bonds is 4. The maximum absolute atomic E-state index is 13.1. The van der Waals surface area contributed by atoms with Gasteiger partial charge in [0.05, 0.1) is 6.04 Å². The Balaban J connectivity index is 1.77. The first-order valence-corrected chi connectivity index (χ1v) is 8.71. The normalized spacial score (nSPS) is 17.7. The number of amides is 3. The van der Waals surface area contributed by atoms with Crippen LogP contribution in [0.4, 0.5) is 4.79 Å². The second kappa shape index (κ2) is 8.01. The standard InChI is InChI=1S/C20H24N4O2/c1-23-11-12-24(18(14-23)16-5-3-2-4-6-16)19(25)17-9-7-15(8-10-17)13-22-20(21)26/h2-10,18H,11-14H2,1H3,(H3,21,22,26). The van der Waals surface area contributed by atoms with Gasteiger partial charge in [0.15, 0.2) is 0 Å². The van der Waals surface area contributed by atoms with Crippen molar-refractivity contribution in [3.63, 3.8) is 0 Å². The van der Waals surface area contributed by atoms with E-state index in [1.807, 2.05) is 35.2 Å². The lowest BCUT2D eigenvalue weighted by Gasteiger charge is -2.40. The van der Waals surface area contributed by atoms with Crippen LogP contribution in [-0.4, -0.2) is 48.4 Å². The number of hydrogen-bond donors (Lipinski definition) is 2. The second-order valence-electron chi connectivity index (χ2n) is 6.60. The van der Waals surface area contributed by atoms with Crippen molar-refractivity contribution < 1.29 is 9.59 Å². The Hall–Kier alpha value is -2.86. The average Bonchev–Trinajstić information content (AvgIpc) is 2.67. The lowest BCUT2D eigenvalue weighted by molar-refractivity contribution is 0.0498. The Labute approximate surface area is 153 Å². The summed E-state index contributed by atoms with van der Waals surface area (Å²) in [6.45, 7) is 2.72. The van der Waals surface area contributed by atoms with Crippen LogP contribution in [0.5, 0.6) is 0 Å². The van der Waals surface area contributed by atoms with Crippen LogP contribution >= 0.6 is 0 Å². The molecule has 6 nitrogen and oxygen atoms in total. The SMILES string of the molecule is CN1CCN(C(=O)c2ccc(CNC(N)=O)cc2)C(c2ccccc2)C1. The fourth-order valence-electron chi connectivity index (χ4n) is 3.24. The van der Waals surface area contributed by atoms with E-state index in [2.05, 4.69) is 29.4 Å². The van der Waals surface area contributed by atoms with E-state index in [0.29, 0.717) is 18.7 Å². The topological polar surface area (TPSA) is 78.7 Å². The molecule has 0 aromatic heterocycles. The van der Waals surface area contributed by atoms with Gasteiger partial charge in [0.25, 0.3) is 5.91 Å². The van der Waals surface area contributed by atoms with Crippen LogP contribution in [0.3, 0.4) is 0 Å². The highest BCUT2D eigenvalue weighted by Gasteiger charge is 2.30. The van der Waals surface area contributed by atoms with Gasteiger partial charge >= 0.3 is 6.03 Å². The van der Waals surface area contributed by atoms with Crippen LogP contribution in [0.25, 0.3) is 0 Å². The summed E-state index contributed by atoms with van der Waals surface area (Å²) in [6, 6.07) is 16.9. The molecule has 0 bridgehead atoms. The molecule has 1 aliphatic rings. The van der Waals surface area contributed by atoms with Crippen LogP contribution in [0, 0.1) is 0 Å². The van der Waals surface area contributed by atoms with Crippen molar-refractivity contribution in [1.82, 2.24) is 15.1 Å². The molecule has 0 spiro atoms. The van der Waals surface area contributed by atoms with Gasteiger partial charge in [-0.1, -0.05) is 42.5 Å². The molecule has 1 aliphatic heterocycles. The summed E-state index contributed by atoms with van der Waals surface area (Å²) in [5.41, 5.74) is 7.78. The molecular weight excluding hydrogens is 328 g/mol. The monoisotopic (exact) mass is 352 g/mol. The molecule has 3 rings (SSSR count). The van der Waals surface area contributed by atoms with Gasteiger partial charge in [-0.25, -0.2) is 4.79 Å². The van der Waals surface area contributed by atoms with Crippen molar-refractivity contribution in [2.45, 2.75) is 12.6 Å². The fraction of sp³-hybridized carbons (Fsp3) is 0.300. The number of urea groups is 1. The number of likely N-dealkylation sites (N-methyl/N-ethyl adjacent to an activating group) is 1. The zero-order valence-electron chi connectivity index (χ0n) is 14.9. The Kier molecular flexibility index (Phi) is 5.53. The van der Waals surface area contributed by atoms with Crippen LogP contribution in [-0.2, 0) is 6.54 Å². The first-order valence-electron chi connectivity index (χ1n) is 8.71. The van der Waals surface area contributed by atoms with E-state index in [1.165, 1.54) is 0 Å². The number of nitrogens with one attached hydrogen (secondary N) is 1. The van der Waals surface area contributed by atoms with E-state index in [9.17, 15) is 9.59 Å². The maximum Gasteiger partial charge on any atom is 0.312 e. The van der Waals surface area contributed by atoms with Crippen molar-refractivity contribution in [3.05, 3.63) is 71.3 Å². The average molecular weight is 352 g/mol. The molecule has 1 fully saturated rings. The zero-order chi connectivity index (χ0) is 18.5.